The number of aryl methyl sites for hydroxylation is 1. The molecular formula is C24H30O3. The van der Waals surface area contributed by atoms with Crippen molar-refractivity contribution in [3.05, 3.63) is 53.1 Å². The summed E-state index contributed by atoms with van der Waals surface area (Å²) in [6, 6.07) is 13.1. The predicted molar refractivity (Wildman–Crippen MR) is 110 cm³/mol. The zero-order valence-electron chi connectivity index (χ0n) is 16.8. The molecule has 0 radical (unpaired) electrons. The lowest BCUT2D eigenvalue weighted by Gasteiger charge is -2.27. The zero-order valence-corrected chi connectivity index (χ0v) is 16.8. The van der Waals surface area contributed by atoms with Crippen LogP contribution in [0, 0.1) is 12.8 Å². The van der Waals surface area contributed by atoms with Gasteiger partial charge in [0, 0.05) is 5.56 Å². The van der Waals surface area contributed by atoms with E-state index in [1.165, 1.54) is 22.3 Å². The number of carboxylic acids is 1. The molecular weight excluding hydrogens is 336 g/mol. The van der Waals surface area contributed by atoms with Crippen LogP contribution >= 0.6 is 0 Å². The molecule has 144 valence electrons. The van der Waals surface area contributed by atoms with Crippen molar-refractivity contribution in [1.82, 2.24) is 0 Å². The fourth-order valence-electron chi connectivity index (χ4n) is 4.27. The van der Waals surface area contributed by atoms with E-state index in [2.05, 4.69) is 57.2 Å². The Bertz CT molecular complexity index is 814. The smallest absolute Gasteiger partial charge is 0.306 e. The molecule has 2 aromatic carbocycles. The minimum atomic E-state index is -0.648. The van der Waals surface area contributed by atoms with Crippen LogP contribution in [0.4, 0.5) is 0 Å². The highest BCUT2D eigenvalue weighted by atomic mass is 16.5. The first-order valence-electron chi connectivity index (χ1n) is 9.92. The van der Waals surface area contributed by atoms with Crippen LogP contribution in [0.5, 0.6) is 5.75 Å². The molecule has 0 saturated heterocycles. The van der Waals surface area contributed by atoms with Crippen molar-refractivity contribution >= 4 is 5.97 Å². The zero-order chi connectivity index (χ0) is 19.6. The quantitative estimate of drug-likeness (QED) is 0.690. The number of carbonyl (C=O) groups is 1. The number of carboxylic acid groups (broad SMARTS) is 1. The molecule has 3 nitrogen and oxygen atoms in total. The summed E-state index contributed by atoms with van der Waals surface area (Å²) in [7, 11) is 1.72. The topological polar surface area (TPSA) is 46.5 Å². The van der Waals surface area contributed by atoms with Gasteiger partial charge in [-0.05, 0) is 73.3 Å². The van der Waals surface area contributed by atoms with Crippen molar-refractivity contribution < 1.29 is 14.6 Å². The van der Waals surface area contributed by atoms with E-state index >= 15 is 0 Å². The molecule has 0 heterocycles. The monoisotopic (exact) mass is 366 g/mol. The van der Waals surface area contributed by atoms with Crippen molar-refractivity contribution in [2.75, 3.05) is 7.11 Å². The molecule has 0 amide bonds. The van der Waals surface area contributed by atoms with E-state index < -0.39 is 5.97 Å². The van der Waals surface area contributed by atoms with E-state index in [0.29, 0.717) is 11.8 Å². The van der Waals surface area contributed by atoms with Crippen molar-refractivity contribution in [2.24, 2.45) is 5.92 Å². The number of benzene rings is 2. The van der Waals surface area contributed by atoms with Gasteiger partial charge in [-0.1, -0.05) is 43.7 Å². The van der Waals surface area contributed by atoms with E-state index in [1.54, 1.807) is 7.11 Å². The Morgan fingerprint density at radius 2 is 1.74 bits per heavy atom. The first-order valence-corrected chi connectivity index (χ1v) is 9.92. The summed E-state index contributed by atoms with van der Waals surface area (Å²) in [6.07, 6.45) is 3.41. The number of aliphatic carboxylic acids is 1. The number of methoxy groups -OCH3 is 1. The third kappa shape index (κ3) is 4.18. The molecule has 1 aliphatic carbocycles. The largest absolute Gasteiger partial charge is 0.496 e. The first-order chi connectivity index (χ1) is 12.9. The Morgan fingerprint density at radius 1 is 1.04 bits per heavy atom. The van der Waals surface area contributed by atoms with Gasteiger partial charge in [0.2, 0.25) is 0 Å². The molecule has 0 bridgehead atoms. The Morgan fingerprint density at radius 3 is 2.33 bits per heavy atom. The summed E-state index contributed by atoms with van der Waals surface area (Å²) in [4.78, 5) is 11.2. The van der Waals surface area contributed by atoms with Crippen molar-refractivity contribution in [1.29, 1.82) is 0 Å². The Hall–Kier alpha value is -2.29. The summed E-state index contributed by atoms with van der Waals surface area (Å²) in [6.45, 7) is 6.58. The van der Waals surface area contributed by atoms with Crippen molar-refractivity contribution in [2.45, 2.75) is 58.3 Å². The van der Waals surface area contributed by atoms with Crippen LogP contribution in [-0.2, 0) is 4.79 Å². The van der Waals surface area contributed by atoms with Gasteiger partial charge in [-0.15, -0.1) is 0 Å². The van der Waals surface area contributed by atoms with Gasteiger partial charge >= 0.3 is 5.97 Å². The Kier molecular flexibility index (Phi) is 5.88. The summed E-state index contributed by atoms with van der Waals surface area (Å²) in [5, 5.41) is 9.24. The molecule has 3 heteroatoms. The summed E-state index contributed by atoms with van der Waals surface area (Å²) >= 11 is 0. The summed E-state index contributed by atoms with van der Waals surface area (Å²) in [5.41, 5.74) is 6.27. The molecule has 1 fully saturated rings. The maximum Gasteiger partial charge on any atom is 0.306 e. The maximum atomic E-state index is 11.2. The Balaban J connectivity index is 1.97. The normalized spacial score (nSPS) is 19.9. The molecule has 27 heavy (non-hydrogen) atoms. The predicted octanol–water partition coefficient (Wildman–Crippen LogP) is 6.15. The molecule has 0 spiro atoms. The van der Waals surface area contributed by atoms with Gasteiger partial charge in [-0.25, -0.2) is 0 Å². The molecule has 1 aliphatic rings. The Labute approximate surface area is 162 Å². The highest BCUT2D eigenvalue weighted by Crippen LogP contribution is 2.41. The number of ether oxygens (including phenoxy) is 1. The third-order valence-corrected chi connectivity index (χ3v) is 5.89. The standard InChI is InChI=1S/C24H30O3/c1-15(2)21-13-16(3)5-11-20(21)22-14-19(10-12-23(22)27-4)17-6-8-18(9-7-17)24(25)26/h5,10-15,17-18H,6-9H2,1-4H3,(H,25,26). The lowest BCUT2D eigenvalue weighted by Crippen LogP contribution is -2.20. The van der Waals surface area contributed by atoms with E-state index in [1.807, 2.05) is 0 Å². The van der Waals surface area contributed by atoms with Gasteiger partial charge in [0.15, 0.2) is 0 Å². The molecule has 0 unspecified atom stereocenters. The lowest BCUT2D eigenvalue weighted by molar-refractivity contribution is -0.142. The highest BCUT2D eigenvalue weighted by Gasteiger charge is 2.27. The van der Waals surface area contributed by atoms with Gasteiger partial charge in [0.1, 0.15) is 5.75 Å². The molecule has 0 aliphatic heterocycles. The fourth-order valence-corrected chi connectivity index (χ4v) is 4.27. The second kappa shape index (κ2) is 8.16. The second-order valence-electron chi connectivity index (χ2n) is 8.09. The minimum absolute atomic E-state index is 0.177. The number of hydrogen-bond donors (Lipinski definition) is 1. The van der Waals surface area contributed by atoms with Crippen LogP contribution in [0.2, 0.25) is 0 Å². The molecule has 2 aromatic rings. The molecule has 0 aromatic heterocycles. The van der Waals surface area contributed by atoms with Crippen LogP contribution in [0.25, 0.3) is 11.1 Å². The van der Waals surface area contributed by atoms with Gasteiger partial charge in [-0.2, -0.15) is 0 Å². The van der Waals surface area contributed by atoms with Crippen molar-refractivity contribution in [3.63, 3.8) is 0 Å². The molecule has 3 rings (SSSR count). The number of rotatable bonds is 5. The molecule has 1 N–H and O–H groups in total. The second-order valence-corrected chi connectivity index (χ2v) is 8.09. The minimum Gasteiger partial charge on any atom is -0.496 e. The van der Waals surface area contributed by atoms with E-state index in [9.17, 15) is 9.90 Å². The van der Waals surface area contributed by atoms with E-state index in [0.717, 1.165) is 37.0 Å². The maximum absolute atomic E-state index is 11.2. The highest BCUT2D eigenvalue weighted by molar-refractivity contribution is 5.75. The van der Waals surface area contributed by atoms with Crippen molar-refractivity contribution in [3.8, 4) is 16.9 Å². The van der Waals surface area contributed by atoms with Gasteiger partial charge in [0.05, 0.1) is 13.0 Å². The number of hydrogen-bond acceptors (Lipinski definition) is 2. The average molecular weight is 367 g/mol. The fraction of sp³-hybridized carbons (Fsp3) is 0.458. The van der Waals surface area contributed by atoms with Crippen LogP contribution < -0.4 is 4.74 Å². The first kappa shape index (κ1) is 19.5. The van der Waals surface area contributed by atoms with Gasteiger partial charge < -0.3 is 9.84 Å². The SMILES string of the molecule is COc1ccc(C2CCC(C(=O)O)CC2)cc1-c1ccc(C)cc1C(C)C. The summed E-state index contributed by atoms with van der Waals surface area (Å²) < 4.78 is 5.68. The van der Waals surface area contributed by atoms with Crippen LogP contribution in [0.3, 0.4) is 0 Å². The molecule has 0 atom stereocenters. The van der Waals surface area contributed by atoms with Gasteiger partial charge in [-0.3, -0.25) is 4.79 Å². The van der Waals surface area contributed by atoms with Crippen LogP contribution in [0.1, 0.15) is 68.1 Å². The van der Waals surface area contributed by atoms with E-state index in [4.69, 9.17) is 4.74 Å². The van der Waals surface area contributed by atoms with E-state index in [-0.39, 0.29) is 5.92 Å². The van der Waals surface area contributed by atoms with Gasteiger partial charge in [0.25, 0.3) is 0 Å². The summed E-state index contributed by atoms with van der Waals surface area (Å²) in [5.74, 6) is 0.926. The van der Waals surface area contributed by atoms with Crippen LogP contribution in [0.15, 0.2) is 36.4 Å². The lowest BCUT2D eigenvalue weighted by atomic mass is 9.78. The molecule has 1 saturated carbocycles. The third-order valence-electron chi connectivity index (χ3n) is 5.89. The average Bonchev–Trinajstić information content (AvgIpc) is 2.67. The van der Waals surface area contributed by atoms with Crippen LogP contribution in [-0.4, -0.2) is 18.2 Å².